The average molecular weight is 1070 g/mol. The molecule has 2 atom stereocenters. The number of hydrogen-bond donors (Lipinski definition) is 2. The van der Waals surface area contributed by atoms with E-state index in [0.717, 1.165) is 82.6 Å². The van der Waals surface area contributed by atoms with Crippen LogP contribution in [0.1, 0.15) is 86.5 Å². The van der Waals surface area contributed by atoms with Crippen LogP contribution < -0.4 is 19.1 Å². The van der Waals surface area contributed by atoms with Gasteiger partial charge in [0.05, 0.1) is 73.1 Å². The van der Waals surface area contributed by atoms with E-state index < -0.39 is 21.5 Å². The first-order valence-corrected chi connectivity index (χ1v) is 26.6. The molecule has 2 unspecified atom stereocenters. The van der Waals surface area contributed by atoms with Crippen LogP contribution in [0.3, 0.4) is 0 Å². The minimum atomic E-state index is -5.78. The van der Waals surface area contributed by atoms with Gasteiger partial charge in [0.15, 0.2) is 0 Å². The van der Waals surface area contributed by atoms with Gasteiger partial charge in [-0.3, -0.25) is 14.3 Å². The summed E-state index contributed by atoms with van der Waals surface area (Å²) in [6.07, 6.45) is 24.4. The summed E-state index contributed by atoms with van der Waals surface area (Å²) in [5, 5.41) is 12.1. The number of H-pyrrole nitrogens is 2. The van der Waals surface area contributed by atoms with Gasteiger partial charge in [-0.05, 0) is 112 Å². The van der Waals surface area contributed by atoms with Gasteiger partial charge in [-0.1, -0.05) is 20.3 Å². The van der Waals surface area contributed by atoms with Gasteiger partial charge in [-0.15, -0.1) is 0 Å². The van der Waals surface area contributed by atoms with E-state index in [9.17, 15) is 21.6 Å². The van der Waals surface area contributed by atoms with E-state index in [1.807, 2.05) is 34.0 Å². The fourth-order valence-electron chi connectivity index (χ4n) is 9.68. The zero-order valence-corrected chi connectivity index (χ0v) is 44.3. The van der Waals surface area contributed by atoms with Crippen LogP contribution in [-0.2, 0) is 32.5 Å². The molecule has 0 aromatic carbocycles. The third-order valence-electron chi connectivity index (χ3n) is 14.9. The molecule has 0 saturated carbocycles. The van der Waals surface area contributed by atoms with Crippen LogP contribution in [-0.4, -0.2) is 145 Å². The molecule has 76 heavy (non-hydrogen) atoms. The molecule has 11 rings (SSSR count). The van der Waals surface area contributed by atoms with Crippen molar-refractivity contribution in [2.45, 2.75) is 128 Å². The first-order chi connectivity index (χ1) is 35.7. The van der Waals surface area contributed by atoms with E-state index in [4.69, 9.17) is 18.8 Å². The maximum atomic E-state index is 12.4. The predicted octanol–water partition coefficient (Wildman–Crippen LogP) is 8.90. The molecule has 2 N–H and O–H groups in total. The number of alkyl halides is 3. The monoisotopic (exact) mass is 1070 g/mol. The number of fused-ring (bicyclic) bond motifs is 6. The molecule has 3 aliphatic rings. The second-order valence-corrected chi connectivity index (χ2v) is 22.0. The summed E-state index contributed by atoms with van der Waals surface area (Å²) in [6, 6.07) is 8.15. The third kappa shape index (κ3) is 12.3. The van der Waals surface area contributed by atoms with Crippen molar-refractivity contribution in [3.63, 3.8) is 0 Å². The highest BCUT2D eigenvalue weighted by atomic mass is 32.2. The van der Waals surface area contributed by atoms with Crippen molar-refractivity contribution in [1.29, 1.82) is 0 Å². The minimum absolute atomic E-state index is 0. The van der Waals surface area contributed by atoms with Crippen molar-refractivity contribution in [1.82, 2.24) is 59.3 Å². The normalized spacial score (nSPS) is 19.0. The summed E-state index contributed by atoms with van der Waals surface area (Å²) >= 11 is 0. The van der Waals surface area contributed by atoms with Crippen molar-refractivity contribution in [3.05, 3.63) is 73.8 Å². The number of halogens is 3. The van der Waals surface area contributed by atoms with Crippen LogP contribution in [0.25, 0.3) is 55.1 Å². The molecule has 0 amide bonds. The Bertz CT molecular complexity index is 3360. The number of nitrogens with one attached hydrogen (secondary N) is 2. The Labute approximate surface area is 441 Å². The predicted molar refractivity (Wildman–Crippen MR) is 287 cm³/mol. The number of aromatic amines is 2. The molecule has 3 fully saturated rings. The van der Waals surface area contributed by atoms with E-state index in [-0.39, 0.29) is 25.7 Å². The summed E-state index contributed by atoms with van der Waals surface area (Å²) in [6.45, 7) is 12.6. The standard InChI is InChI=1S/C22H26N6O.C17H30BN3O2.C12H8F3N3O4S.CH4/c1-27-7-4-3-5-16(27)6-8-28-14-15(11-25-28)20-10-18-19-9-17(29-2)12-24-22(19)26-21(18)13-23-20;1-16(2)17(3,4)23-18(22-16)14-12-19-21(13-14)11-9-15-8-6-7-10-20(15)5;1-21-6-2-8-7-3-10(22-23(19,20)12(13,14)15)16-5-9(7)18-11(8)17-4-6;/h9-14,16H,3-8H2,1-2H3,(H,24,26);12-13,15H,6-11H2,1-5H3;2-5H,1H3,(H,17,18);1H4. The number of pyridine rings is 4. The summed E-state index contributed by atoms with van der Waals surface area (Å²) < 4.78 is 89.8. The summed E-state index contributed by atoms with van der Waals surface area (Å²) in [5.41, 5.74) is -0.457. The molecule has 19 nitrogen and oxygen atoms in total. The number of ether oxygens (including phenoxy) is 2. The van der Waals surface area contributed by atoms with Gasteiger partial charge in [0, 0.05) is 82.4 Å². The van der Waals surface area contributed by atoms with Crippen molar-refractivity contribution in [3.8, 4) is 28.6 Å². The van der Waals surface area contributed by atoms with Crippen LogP contribution >= 0.6 is 0 Å². The summed E-state index contributed by atoms with van der Waals surface area (Å²) in [5.74, 6) is 0.483. The van der Waals surface area contributed by atoms with E-state index >= 15 is 0 Å². The largest absolute Gasteiger partial charge is 0.534 e. The molecule has 11 heterocycles. The molecule has 0 radical (unpaired) electrons. The van der Waals surface area contributed by atoms with E-state index in [1.165, 1.54) is 64.9 Å². The van der Waals surface area contributed by atoms with Gasteiger partial charge in [0.25, 0.3) is 0 Å². The van der Waals surface area contributed by atoms with Crippen LogP contribution in [0.5, 0.6) is 17.4 Å². The Kier molecular flexibility index (Phi) is 16.7. The van der Waals surface area contributed by atoms with Crippen molar-refractivity contribution >= 4 is 66.6 Å². The number of methoxy groups -OCH3 is 2. The number of aromatic nitrogens is 10. The summed E-state index contributed by atoms with van der Waals surface area (Å²) in [7, 11) is 1.47. The van der Waals surface area contributed by atoms with E-state index in [2.05, 4.69) is 114 Å². The van der Waals surface area contributed by atoms with Crippen molar-refractivity contribution < 1.29 is 44.6 Å². The van der Waals surface area contributed by atoms with Crippen molar-refractivity contribution in [2.75, 3.05) is 41.4 Å². The van der Waals surface area contributed by atoms with Crippen LogP contribution in [0.15, 0.2) is 73.8 Å². The molecule has 3 aliphatic heterocycles. The van der Waals surface area contributed by atoms with Crippen molar-refractivity contribution in [2.24, 2.45) is 0 Å². The SMILES string of the molecule is C.CN1CCCCC1CCn1cc(B2OC(C)(C)C(C)(C)O2)cn1.COc1cnc2[nH]c3cnc(-c4cnn(CCC5CCCCN5C)c4)cc3c2c1.COc1cnc2[nH]c3cnc(OS(=O)(=O)C(F)(F)F)cc3c2c1. The highest BCUT2D eigenvalue weighted by molar-refractivity contribution is 7.88. The van der Waals surface area contributed by atoms with Gasteiger partial charge in [0.1, 0.15) is 22.8 Å². The second-order valence-electron chi connectivity index (χ2n) is 20.4. The van der Waals surface area contributed by atoms with Gasteiger partial charge in [-0.2, -0.15) is 31.8 Å². The molecule has 408 valence electrons. The Hall–Kier alpha value is -6.34. The third-order valence-corrected chi connectivity index (χ3v) is 15.8. The van der Waals surface area contributed by atoms with Crippen LogP contribution in [0, 0.1) is 0 Å². The number of piperidine rings is 2. The van der Waals surface area contributed by atoms with E-state index in [0.29, 0.717) is 39.8 Å². The highest BCUT2D eigenvalue weighted by Crippen LogP contribution is 2.37. The first kappa shape index (κ1) is 55.9. The molecule has 8 aromatic heterocycles. The number of hydrogen-bond acceptors (Lipinski definition) is 15. The fourth-order valence-corrected chi connectivity index (χ4v) is 10.1. The van der Waals surface area contributed by atoms with Gasteiger partial charge < -0.3 is 42.7 Å². The number of likely N-dealkylation sites (tertiary alicyclic amines) is 2. The molecule has 24 heteroatoms. The van der Waals surface area contributed by atoms with Gasteiger partial charge >= 0.3 is 22.7 Å². The second kappa shape index (κ2) is 22.7. The Morgan fingerprint density at radius 1 is 0.684 bits per heavy atom. The lowest BCUT2D eigenvalue weighted by atomic mass is 9.82. The van der Waals surface area contributed by atoms with Crippen LogP contribution in [0.2, 0.25) is 0 Å². The molecule has 3 saturated heterocycles. The Morgan fingerprint density at radius 2 is 1.20 bits per heavy atom. The minimum Gasteiger partial charge on any atom is -0.495 e. The molecular formula is C52H68BF3N12O7S. The summed E-state index contributed by atoms with van der Waals surface area (Å²) in [4.78, 5) is 27.9. The molecule has 0 spiro atoms. The lowest BCUT2D eigenvalue weighted by molar-refractivity contribution is -0.0501. The highest BCUT2D eigenvalue weighted by Gasteiger charge is 2.52. The maximum Gasteiger partial charge on any atom is 0.534 e. The lowest BCUT2D eigenvalue weighted by Crippen LogP contribution is -2.41. The zero-order valence-electron chi connectivity index (χ0n) is 43.5. The maximum absolute atomic E-state index is 12.4. The molecule has 0 bridgehead atoms. The number of rotatable bonds is 12. The Morgan fingerprint density at radius 3 is 1.72 bits per heavy atom. The molecule has 0 aliphatic carbocycles. The smallest absolute Gasteiger partial charge is 0.495 e. The number of aryl methyl sites for hydroxylation is 2. The molecule has 8 aromatic rings. The first-order valence-electron chi connectivity index (χ1n) is 25.2. The topological polar surface area (TPSA) is 206 Å². The average Bonchev–Trinajstić information content (AvgIpc) is 4.25. The lowest BCUT2D eigenvalue weighted by Gasteiger charge is -2.32. The van der Waals surface area contributed by atoms with Crippen LogP contribution in [0.4, 0.5) is 13.2 Å². The Balaban J connectivity index is 0.000000152. The molecular weight excluding hydrogens is 1000 g/mol. The van der Waals surface area contributed by atoms with Gasteiger partial charge in [-0.25, -0.2) is 15.0 Å². The quantitative estimate of drug-likeness (QED) is 0.0666. The van der Waals surface area contributed by atoms with E-state index in [1.54, 1.807) is 19.4 Å². The van der Waals surface area contributed by atoms with Gasteiger partial charge in [0.2, 0.25) is 5.88 Å². The zero-order chi connectivity index (χ0) is 53.3. The fraction of sp³-hybridized carbons (Fsp3) is 0.500. The number of nitrogens with zero attached hydrogens (tertiary/aromatic N) is 10.